The number of hydrogen-bond donors (Lipinski definition) is 0. The van der Waals surface area contributed by atoms with Gasteiger partial charge in [0.25, 0.3) is 11.3 Å². The molecule has 0 atom stereocenters. The summed E-state index contributed by atoms with van der Waals surface area (Å²) >= 11 is 0. The van der Waals surface area contributed by atoms with Gasteiger partial charge in [-0.25, -0.2) is 0 Å². The molecule has 2 aromatic heterocycles. The molecule has 1 aromatic carbocycles. The summed E-state index contributed by atoms with van der Waals surface area (Å²) in [5, 5.41) is 4.10. The minimum Gasteiger partial charge on any atom is -0.337 e. The molecule has 0 radical (unpaired) electrons. The molecule has 0 aliphatic rings. The fourth-order valence-electron chi connectivity index (χ4n) is 2.77. The Morgan fingerprint density at radius 2 is 1.96 bits per heavy atom. The Balaban J connectivity index is 1.88. The monoisotopic (exact) mass is 340 g/mol. The van der Waals surface area contributed by atoms with Gasteiger partial charge in [-0.05, 0) is 26.3 Å². The summed E-state index contributed by atoms with van der Waals surface area (Å²) in [6.45, 7) is 6.29. The largest absolute Gasteiger partial charge is 0.337 e. The second-order valence-corrected chi connectivity index (χ2v) is 5.89. The van der Waals surface area contributed by atoms with E-state index in [0.717, 1.165) is 5.56 Å². The van der Waals surface area contributed by atoms with E-state index in [1.54, 1.807) is 18.7 Å². The molecule has 0 aliphatic heterocycles. The number of fused-ring (bicyclic) bond motifs is 1. The summed E-state index contributed by atoms with van der Waals surface area (Å²) in [4.78, 5) is 31.4. The van der Waals surface area contributed by atoms with Crippen LogP contribution in [0, 0.1) is 13.8 Å². The van der Waals surface area contributed by atoms with E-state index in [9.17, 15) is 9.59 Å². The lowest BCUT2D eigenvalue weighted by Crippen LogP contribution is -2.37. The molecule has 2 heterocycles. The van der Waals surface area contributed by atoms with E-state index in [-0.39, 0.29) is 23.7 Å². The molecule has 7 heteroatoms. The maximum atomic E-state index is 12.7. The van der Waals surface area contributed by atoms with Crippen LogP contribution >= 0.6 is 0 Å². The van der Waals surface area contributed by atoms with Crippen LogP contribution in [0.15, 0.2) is 39.6 Å². The predicted octanol–water partition coefficient (Wildman–Crippen LogP) is 2.05. The highest BCUT2D eigenvalue weighted by atomic mass is 16.5. The molecule has 1 amide bonds. The van der Waals surface area contributed by atoms with Crippen molar-refractivity contribution in [3.8, 4) is 0 Å². The van der Waals surface area contributed by atoms with Crippen molar-refractivity contribution in [2.75, 3.05) is 6.54 Å². The van der Waals surface area contributed by atoms with Crippen LogP contribution in [-0.2, 0) is 17.9 Å². The van der Waals surface area contributed by atoms with Crippen molar-refractivity contribution in [3.05, 3.63) is 57.8 Å². The molecule has 0 fully saturated rings. The lowest BCUT2D eigenvalue weighted by atomic mass is 10.2. The molecule has 7 nitrogen and oxygen atoms in total. The van der Waals surface area contributed by atoms with E-state index in [1.165, 1.54) is 4.57 Å². The Hall–Kier alpha value is -2.96. The molecule has 0 N–H and O–H groups in total. The van der Waals surface area contributed by atoms with Crippen molar-refractivity contribution in [1.29, 1.82) is 0 Å². The number of nitrogens with zero attached hydrogens (tertiary/aromatic N) is 4. The van der Waals surface area contributed by atoms with Gasteiger partial charge in [0.1, 0.15) is 17.8 Å². The second kappa shape index (κ2) is 6.88. The molecular weight excluding hydrogens is 320 g/mol. The molecule has 0 saturated carbocycles. The Kier molecular flexibility index (Phi) is 4.65. The maximum absolute atomic E-state index is 12.7. The van der Waals surface area contributed by atoms with Gasteiger partial charge in [0.15, 0.2) is 0 Å². The number of carbonyl (C=O) groups excluding carboxylic acids is 1. The summed E-state index contributed by atoms with van der Waals surface area (Å²) in [6.07, 6.45) is 0. The van der Waals surface area contributed by atoms with Gasteiger partial charge in [-0.3, -0.25) is 14.2 Å². The number of likely N-dealkylation sites (N-methyl/N-ethyl adjacent to an activating group) is 1. The van der Waals surface area contributed by atoms with Crippen molar-refractivity contribution < 1.29 is 9.32 Å². The van der Waals surface area contributed by atoms with E-state index >= 15 is 0 Å². The third kappa shape index (κ3) is 3.31. The number of aryl methyl sites for hydroxylation is 2. The lowest BCUT2D eigenvalue weighted by molar-refractivity contribution is -0.132. The molecule has 130 valence electrons. The van der Waals surface area contributed by atoms with E-state index in [1.807, 2.05) is 37.3 Å². The highest BCUT2D eigenvalue weighted by molar-refractivity contribution is 5.78. The Morgan fingerprint density at radius 3 is 2.64 bits per heavy atom. The fraction of sp³-hybridized carbons (Fsp3) is 0.333. The van der Waals surface area contributed by atoms with Crippen molar-refractivity contribution in [1.82, 2.24) is 19.6 Å². The Morgan fingerprint density at radius 1 is 1.24 bits per heavy atom. The highest BCUT2D eigenvalue weighted by Gasteiger charge is 2.19. The third-order valence-electron chi connectivity index (χ3n) is 4.20. The highest BCUT2D eigenvalue weighted by Crippen LogP contribution is 2.12. The SMILES string of the molecule is CCN(Cc1ccccc1)C(=O)Cn1c(C)nc2onc(C)c2c1=O. The van der Waals surface area contributed by atoms with Crippen LogP contribution in [0.4, 0.5) is 0 Å². The topological polar surface area (TPSA) is 81.2 Å². The molecule has 3 aromatic rings. The van der Waals surface area contributed by atoms with Crippen LogP contribution in [0.1, 0.15) is 24.0 Å². The zero-order chi connectivity index (χ0) is 18.0. The Labute approximate surface area is 144 Å². The van der Waals surface area contributed by atoms with Crippen LogP contribution in [0.2, 0.25) is 0 Å². The second-order valence-electron chi connectivity index (χ2n) is 5.89. The van der Waals surface area contributed by atoms with E-state index < -0.39 is 0 Å². The van der Waals surface area contributed by atoms with Crippen molar-refractivity contribution in [3.63, 3.8) is 0 Å². The first-order valence-corrected chi connectivity index (χ1v) is 8.16. The van der Waals surface area contributed by atoms with Gasteiger partial charge in [-0.2, -0.15) is 4.98 Å². The minimum atomic E-state index is -0.301. The number of benzene rings is 1. The Bertz CT molecular complexity index is 960. The van der Waals surface area contributed by atoms with Crippen LogP contribution in [0.3, 0.4) is 0 Å². The zero-order valence-electron chi connectivity index (χ0n) is 14.5. The summed E-state index contributed by atoms with van der Waals surface area (Å²) in [7, 11) is 0. The normalized spacial score (nSPS) is 11.0. The van der Waals surface area contributed by atoms with Gasteiger partial charge in [0, 0.05) is 13.1 Å². The zero-order valence-corrected chi connectivity index (χ0v) is 14.5. The number of aromatic nitrogens is 3. The average Bonchev–Trinajstić information content (AvgIpc) is 2.97. The van der Waals surface area contributed by atoms with Gasteiger partial charge in [0.05, 0.1) is 5.69 Å². The molecule has 3 rings (SSSR count). The van der Waals surface area contributed by atoms with Crippen LogP contribution in [0.25, 0.3) is 11.1 Å². The van der Waals surface area contributed by atoms with Gasteiger partial charge >= 0.3 is 0 Å². The number of carbonyl (C=O) groups is 1. The number of rotatable bonds is 5. The molecule has 0 saturated heterocycles. The summed E-state index contributed by atoms with van der Waals surface area (Å²) < 4.78 is 6.43. The van der Waals surface area contributed by atoms with Crippen molar-refractivity contribution >= 4 is 17.0 Å². The molecule has 0 unspecified atom stereocenters. The summed E-state index contributed by atoms with van der Waals surface area (Å²) in [5.74, 6) is 0.296. The first kappa shape index (κ1) is 16.9. The smallest absolute Gasteiger partial charge is 0.267 e. The molecule has 0 spiro atoms. The minimum absolute atomic E-state index is 0.0566. The first-order valence-electron chi connectivity index (χ1n) is 8.16. The van der Waals surface area contributed by atoms with E-state index in [2.05, 4.69) is 10.1 Å². The van der Waals surface area contributed by atoms with Gasteiger partial charge in [-0.15, -0.1) is 0 Å². The van der Waals surface area contributed by atoms with Gasteiger partial charge in [-0.1, -0.05) is 35.5 Å². The van der Waals surface area contributed by atoms with Gasteiger partial charge in [0.2, 0.25) is 5.91 Å². The lowest BCUT2D eigenvalue weighted by Gasteiger charge is -2.22. The summed E-state index contributed by atoms with van der Waals surface area (Å²) in [5.41, 5.74) is 1.43. The third-order valence-corrected chi connectivity index (χ3v) is 4.20. The van der Waals surface area contributed by atoms with Crippen molar-refractivity contribution in [2.45, 2.75) is 33.9 Å². The van der Waals surface area contributed by atoms with E-state index in [4.69, 9.17) is 4.52 Å². The fourth-order valence-corrected chi connectivity index (χ4v) is 2.77. The predicted molar refractivity (Wildman–Crippen MR) is 93.1 cm³/mol. The summed E-state index contributed by atoms with van der Waals surface area (Å²) in [6, 6.07) is 9.76. The van der Waals surface area contributed by atoms with Gasteiger partial charge < -0.3 is 9.42 Å². The van der Waals surface area contributed by atoms with Crippen LogP contribution in [0.5, 0.6) is 0 Å². The molecule has 0 aliphatic carbocycles. The number of hydrogen-bond acceptors (Lipinski definition) is 5. The van der Waals surface area contributed by atoms with Crippen molar-refractivity contribution in [2.24, 2.45) is 0 Å². The van der Waals surface area contributed by atoms with Crippen LogP contribution in [-0.4, -0.2) is 32.1 Å². The first-order chi connectivity index (χ1) is 12.0. The number of amides is 1. The quantitative estimate of drug-likeness (QED) is 0.710. The maximum Gasteiger partial charge on any atom is 0.267 e. The molecule has 0 bridgehead atoms. The average molecular weight is 340 g/mol. The molecular formula is C18H20N4O3. The van der Waals surface area contributed by atoms with E-state index in [0.29, 0.717) is 30.0 Å². The standard InChI is InChI=1S/C18H20N4O3/c1-4-21(10-14-8-6-5-7-9-14)15(23)11-22-13(3)19-17-16(18(22)24)12(2)20-25-17/h5-9H,4,10-11H2,1-3H3. The molecule has 25 heavy (non-hydrogen) atoms. The van der Waals surface area contributed by atoms with Crippen LogP contribution < -0.4 is 5.56 Å².